The molecule has 0 amide bonds. The van der Waals surface area contributed by atoms with Crippen molar-refractivity contribution in [3.05, 3.63) is 24.0 Å². The van der Waals surface area contributed by atoms with Gasteiger partial charge in [-0.15, -0.1) is 0 Å². The van der Waals surface area contributed by atoms with E-state index in [1.807, 2.05) is 0 Å². The van der Waals surface area contributed by atoms with E-state index in [0.29, 0.717) is 5.56 Å². The molecule has 0 atom stereocenters. The summed E-state index contributed by atoms with van der Waals surface area (Å²) in [4.78, 5) is 11.0. The minimum atomic E-state index is -0.220. The highest BCUT2D eigenvalue weighted by molar-refractivity contribution is 5.96. The third kappa shape index (κ3) is 1.83. The number of rotatable bonds is 2. The maximum Gasteiger partial charge on any atom is 0.178 e. The average Bonchev–Trinajstić information content (AvgIpc) is 2.07. The van der Waals surface area contributed by atoms with Crippen molar-refractivity contribution in [3.8, 4) is 6.07 Å². The average molecular weight is 147 g/mol. The van der Waals surface area contributed by atoms with Gasteiger partial charge in [0.2, 0.25) is 0 Å². The second-order valence-electron chi connectivity index (χ2n) is 1.89. The lowest BCUT2D eigenvalue weighted by Crippen LogP contribution is -1.97. The van der Waals surface area contributed by atoms with Crippen molar-refractivity contribution < 1.29 is 4.79 Å². The summed E-state index contributed by atoms with van der Waals surface area (Å²) in [5.74, 6) is -0.220. The van der Waals surface area contributed by atoms with Gasteiger partial charge in [0.25, 0.3) is 0 Å². The number of aromatic nitrogens is 2. The number of hydrogen-bond acceptors (Lipinski definition) is 4. The molecule has 0 unspecified atom stereocenters. The highest BCUT2D eigenvalue weighted by Crippen LogP contribution is 1.97. The van der Waals surface area contributed by atoms with E-state index >= 15 is 0 Å². The first-order valence-corrected chi connectivity index (χ1v) is 3.01. The van der Waals surface area contributed by atoms with Crippen molar-refractivity contribution in [1.82, 2.24) is 10.2 Å². The Morgan fingerprint density at radius 1 is 1.64 bits per heavy atom. The van der Waals surface area contributed by atoms with E-state index in [-0.39, 0.29) is 12.2 Å². The van der Waals surface area contributed by atoms with Crippen molar-refractivity contribution in [1.29, 1.82) is 5.26 Å². The zero-order valence-electron chi connectivity index (χ0n) is 5.69. The first-order valence-electron chi connectivity index (χ1n) is 3.01. The molecule has 54 valence electrons. The fourth-order valence-corrected chi connectivity index (χ4v) is 0.629. The van der Waals surface area contributed by atoms with Gasteiger partial charge in [-0.05, 0) is 6.07 Å². The molecule has 0 bridgehead atoms. The molecule has 0 fully saturated rings. The van der Waals surface area contributed by atoms with Gasteiger partial charge in [-0.25, -0.2) is 0 Å². The molecule has 0 saturated heterocycles. The molecule has 0 spiro atoms. The van der Waals surface area contributed by atoms with Crippen LogP contribution in [0.1, 0.15) is 16.8 Å². The Morgan fingerprint density at radius 3 is 3.00 bits per heavy atom. The Kier molecular flexibility index (Phi) is 2.28. The van der Waals surface area contributed by atoms with Gasteiger partial charge in [-0.2, -0.15) is 15.5 Å². The molecular weight excluding hydrogens is 142 g/mol. The van der Waals surface area contributed by atoms with E-state index in [1.165, 1.54) is 18.5 Å². The molecule has 1 aromatic rings. The molecule has 0 aliphatic rings. The summed E-state index contributed by atoms with van der Waals surface area (Å²) >= 11 is 0. The molecule has 0 aliphatic carbocycles. The van der Waals surface area contributed by atoms with Crippen LogP contribution in [0.2, 0.25) is 0 Å². The quantitative estimate of drug-likeness (QED) is 0.573. The molecule has 1 heterocycles. The maximum atomic E-state index is 11.0. The molecule has 1 aromatic heterocycles. The fraction of sp³-hybridized carbons (Fsp3) is 0.143. The van der Waals surface area contributed by atoms with Crippen LogP contribution in [-0.4, -0.2) is 16.0 Å². The number of nitriles is 1. The smallest absolute Gasteiger partial charge is 0.178 e. The van der Waals surface area contributed by atoms with Crippen LogP contribution in [0.25, 0.3) is 0 Å². The normalized spacial score (nSPS) is 8.64. The molecule has 0 aromatic carbocycles. The van der Waals surface area contributed by atoms with Gasteiger partial charge >= 0.3 is 0 Å². The maximum absolute atomic E-state index is 11.0. The van der Waals surface area contributed by atoms with Crippen molar-refractivity contribution >= 4 is 5.78 Å². The first kappa shape index (κ1) is 7.35. The van der Waals surface area contributed by atoms with E-state index in [2.05, 4.69) is 10.2 Å². The minimum absolute atomic E-state index is 0.105. The number of carbonyl (C=O) groups excluding carboxylic acids is 1. The standard InChI is InChI=1S/C7H5N3O/c8-3-1-7(11)6-2-4-9-10-5-6/h2,4-5H,1H2. The van der Waals surface area contributed by atoms with Crippen molar-refractivity contribution in [2.24, 2.45) is 0 Å². The third-order valence-corrected chi connectivity index (χ3v) is 1.15. The predicted molar refractivity (Wildman–Crippen MR) is 36.6 cm³/mol. The van der Waals surface area contributed by atoms with Crippen LogP contribution in [0.4, 0.5) is 0 Å². The largest absolute Gasteiger partial charge is 0.293 e. The zero-order valence-corrected chi connectivity index (χ0v) is 5.69. The molecule has 0 saturated carbocycles. The van der Waals surface area contributed by atoms with Gasteiger partial charge in [-0.1, -0.05) is 0 Å². The van der Waals surface area contributed by atoms with Crippen LogP contribution in [-0.2, 0) is 0 Å². The number of ketones is 1. The summed E-state index contributed by atoms with van der Waals surface area (Å²) in [5.41, 5.74) is 0.432. The summed E-state index contributed by atoms with van der Waals surface area (Å²) in [7, 11) is 0. The van der Waals surface area contributed by atoms with E-state index in [1.54, 1.807) is 6.07 Å². The highest BCUT2D eigenvalue weighted by atomic mass is 16.1. The molecule has 0 radical (unpaired) electrons. The lowest BCUT2D eigenvalue weighted by atomic mass is 10.2. The van der Waals surface area contributed by atoms with Crippen molar-refractivity contribution in [2.45, 2.75) is 6.42 Å². The van der Waals surface area contributed by atoms with Crippen LogP contribution < -0.4 is 0 Å². The number of carbonyl (C=O) groups is 1. The predicted octanol–water partition coefficient (Wildman–Crippen LogP) is 0.573. The van der Waals surface area contributed by atoms with Gasteiger partial charge in [0.15, 0.2) is 5.78 Å². The monoisotopic (exact) mass is 147 g/mol. The van der Waals surface area contributed by atoms with E-state index in [0.717, 1.165) is 0 Å². The topological polar surface area (TPSA) is 66.6 Å². The van der Waals surface area contributed by atoms with Crippen LogP contribution in [0.15, 0.2) is 18.5 Å². The molecule has 0 N–H and O–H groups in total. The van der Waals surface area contributed by atoms with Gasteiger partial charge in [-0.3, -0.25) is 4.79 Å². The van der Waals surface area contributed by atoms with Crippen LogP contribution >= 0.6 is 0 Å². The Bertz CT molecular complexity index is 288. The van der Waals surface area contributed by atoms with Gasteiger partial charge < -0.3 is 0 Å². The Labute approximate surface area is 63.5 Å². The van der Waals surface area contributed by atoms with Crippen LogP contribution in [0.5, 0.6) is 0 Å². The lowest BCUT2D eigenvalue weighted by molar-refractivity contribution is 0.0997. The van der Waals surface area contributed by atoms with Crippen molar-refractivity contribution in [2.75, 3.05) is 0 Å². The molecule has 1 rings (SSSR count). The number of hydrogen-bond donors (Lipinski definition) is 0. The zero-order chi connectivity index (χ0) is 8.10. The van der Waals surface area contributed by atoms with E-state index < -0.39 is 0 Å². The molecule has 4 nitrogen and oxygen atoms in total. The highest BCUT2D eigenvalue weighted by Gasteiger charge is 2.03. The number of Topliss-reactive ketones (excluding diaryl/α,β-unsaturated/α-hetero) is 1. The van der Waals surface area contributed by atoms with Crippen LogP contribution in [0, 0.1) is 11.3 Å². The summed E-state index contributed by atoms with van der Waals surface area (Å²) in [6, 6.07) is 3.30. The summed E-state index contributed by atoms with van der Waals surface area (Å²) in [6.07, 6.45) is 2.66. The Morgan fingerprint density at radius 2 is 2.45 bits per heavy atom. The fourth-order valence-electron chi connectivity index (χ4n) is 0.629. The lowest BCUT2D eigenvalue weighted by Gasteiger charge is -1.90. The minimum Gasteiger partial charge on any atom is -0.293 e. The molecule has 4 heteroatoms. The second-order valence-corrected chi connectivity index (χ2v) is 1.89. The first-order chi connectivity index (χ1) is 5.34. The number of nitrogens with zero attached hydrogens (tertiary/aromatic N) is 3. The second kappa shape index (κ2) is 3.42. The van der Waals surface area contributed by atoms with E-state index in [4.69, 9.17) is 5.26 Å². The van der Waals surface area contributed by atoms with Crippen LogP contribution in [0.3, 0.4) is 0 Å². The summed E-state index contributed by atoms with van der Waals surface area (Å²) < 4.78 is 0. The molecular formula is C7H5N3O. The van der Waals surface area contributed by atoms with Gasteiger partial charge in [0, 0.05) is 5.56 Å². The van der Waals surface area contributed by atoms with E-state index in [9.17, 15) is 4.79 Å². The summed E-state index contributed by atoms with van der Waals surface area (Å²) in [6.45, 7) is 0. The van der Waals surface area contributed by atoms with Gasteiger partial charge in [0.1, 0.15) is 0 Å². The summed E-state index contributed by atoms with van der Waals surface area (Å²) in [5, 5.41) is 15.2. The third-order valence-electron chi connectivity index (χ3n) is 1.15. The molecule has 0 aliphatic heterocycles. The Hall–Kier alpha value is -1.76. The van der Waals surface area contributed by atoms with Crippen molar-refractivity contribution in [3.63, 3.8) is 0 Å². The Balaban J connectivity index is 2.79. The SMILES string of the molecule is N#CCC(=O)c1ccnnc1. The molecule has 11 heavy (non-hydrogen) atoms. The van der Waals surface area contributed by atoms with Gasteiger partial charge in [0.05, 0.1) is 24.9 Å².